The molecule has 0 unspecified atom stereocenters. The topological polar surface area (TPSA) is 119 Å². The number of carbonyl (C=O) groups excluding carboxylic acids is 1. The van der Waals surface area contributed by atoms with Crippen LogP contribution in [-0.2, 0) is 17.6 Å². The zero-order valence-corrected chi connectivity index (χ0v) is 22.3. The average Bonchev–Trinajstić information content (AvgIpc) is 2.86. The first-order valence-electron chi connectivity index (χ1n) is 12.5. The number of allylic oxidation sites excluding steroid dienone is 4. The predicted octanol–water partition coefficient (Wildman–Crippen LogP) is 5.21. The number of fused-ring (bicyclic) bond motifs is 2. The molecular weight excluding hydrogens is 490 g/mol. The van der Waals surface area contributed by atoms with Crippen LogP contribution >= 0.6 is 0 Å². The van der Waals surface area contributed by atoms with Crippen LogP contribution in [-0.4, -0.2) is 54.6 Å². The van der Waals surface area contributed by atoms with Crippen LogP contribution in [0.1, 0.15) is 38.8 Å². The Bertz CT molecular complexity index is 1500. The Hall–Kier alpha value is -3.98. The van der Waals surface area contributed by atoms with Gasteiger partial charge in [-0.1, -0.05) is 23.3 Å². The van der Waals surface area contributed by atoms with E-state index < -0.39 is 11.5 Å². The predicted molar refractivity (Wildman–Crippen MR) is 145 cm³/mol. The third-order valence-corrected chi connectivity index (χ3v) is 6.43. The molecule has 3 aromatic rings. The molecule has 2 heterocycles. The number of carbonyl (C=O) groups is 1. The number of hydrogen-bond acceptors (Lipinski definition) is 8. The number of aromatic hydroxyl groups is 2. The number of benzene rings is 2. The van der Waals surface area contributed by atoms with Crippen LogP contribution in [0.15, 0.2) is 44.6 Å². The lowest BCUT2D eigenvalue weighted by atomic mass is 9.98. The Morgan fingerprint density at radius 1 is 0.974 bits per heavy atom. The smallest absolute Gasteiger partial charge is 0.415 e. The van der Waals surface area contributed by atoms with Crippen molar-refractivity contribution < 1.29 is 33.6 Å². The summed E-state index contributed by atoms with van der Waals surface area (Å²) in [4.78, 5) is 28.3. The molecule has 1 fully saturated rings. The second kappa shape index (κ2) is 11.2. The highest BCUT2D eigenvalue weighted by Gasteiger charge is 2.26. The Morgan fingerprint density at radius 2 is 1.58 bits per heavy atom. The van der Waals surface area contributed by atoms with E-state index >= 15 is 0 Å². The second-order valence-corrected chi connectivity index (χ2v) is 9.73. The molecule has 9 nitrogen and oxygen atoms in total. The zero-order chi connectivity index (χ0) is 27.6. The molecular formula is C29H33NO8. The summed E-state index contributed by atoms with van der Waals surface area (Å²) in [5, 5.41) is 21.8. The van der Waals surface area contributed by atoms with Crippen molar-refractivity contribution in [2.24, 2.45) is 0 Å². The van der Waals surface area contributed by atoms with Crippen LogP contribution in [0.25, 0.3) is 21.9 Å². The maximum Gasteiger partial charge on any atom is 0.415 e. The Balaban J connectivity index is 1.98. The second-order valence-electron chi connectivity index (χ2n) is 9.73. The number of hydrogen-bond donors (Lipinski definition) is 2. The molecule has 9 heteroatoms. The van der Waals surface area contributed by atoms with Crippen LogP contribution in [0.2, 0.25) is 0 Å². The summed E-state index contributed by atoms with van der Waals surface area (Å²) >= 11 is 0. The van der Waals surface area contributed by atoms with E-state index in [0.717, 1.165) is 11.1 Å². The van der Waals surface area contributed by atoms with Crippen LogP contribution in [0, 0.1) is 0 Å². The highest BCUT2D eigenvalue weighted by atomic mass is 16.6. The molecule has 0 saturated carbocycles. The first kappa shape index (κ1) is 27.1. The molecule has 0 atom stereocenters. The molecule has 1 saturated heterocycles. The van der Waals surface area contributed by atoms with E-state index in [-0.39, 0.29) is 56.9 Å². The van der Waals surface area contributed by atoms with Crippen molar-refractivity contribution in [2.45, 2.75) is 40.5 Å². The van der Waals surface area contributed by atoms with Crippen molar-refractivity contribution in [1.82, 2.24) is 4.90 Å². The SMILES string of the molecule is COc1c(OC(=O)N2CCOCC2)cc2oc3cc(O)c(CC=C(C)C)c(O)c3c(=O)c2c1CC=C(C)C. The highest BCUT2D eigenvalue weighted by molar-refractivity contribution is 5.98. The standard InChI is InChI=1S/C29H33NO8/c1-16(2)6-8-18-20(31)14-21-25(26(18)32)27(33)24-19(9-7-17(3)4)28(35-5)23(15-22(24)37-21)38-29(34)30-10-12-36-13-11-30/h6-7,14-15,31-32H,8-13H2,1-5H3. The lowest BCUT2D eigenvalue weighted by Gasteiger charge is -2.26. The van der Waals surface area contributed by atoms with Gasteiger partial charge >= 0.3 is 6.09 Å². The zero-order valence-electron chi connectivity index (χ0n) is 22.3. The molecule has 38 heavy (non-hydrogen) atoms. The normalized spacial score (nSPS) is 13.4. The van der Waals surface area contributed by atoms with Gasteiger partial charge in [0.05, 0.1) is 25.7 Å². The van der Waals surface area contributed by atoms with E-state index in [1.807, 2.05) is 39.8 Å². The van der Waals surface area contributed by atoms with Gasteiger partial charge in [-0.2, -0.15) is 0 Å². The molecule has 1 aromatic heterocycles. The molecule has 1 aliphatic rings. The fraction of sp³-hybridized carbons (Fsp3) is 0.379. The highest BCUT2D eigenvalue weighted by Crippen LogP contribution is 2.41. The summed E-state index contributed by atoms with van der Waals surface area (Å²) in [6.07, 6.45) is 3.75. The van der Waals surface area contributed by atoms with Crippen LogP contribution in [0.3, 0.4) is 0 Å². The molecule has 4 rings (SSSR count). The van der Waals surface area contributed by atoms with Gasteiger partial charge in [-0.3, -0.25) is 4.79 Å². The summed E-state index contributed by atoms with van der Waals surface area (Å²) in [7, 11) is 1.44. The number of phenols is 2. The molecule has 0 radical (unpaired) electrons. The van der Waals surface area contributed by atoms with E-state index in [0.29, 0.717) is 38.3 Å². The monoisotopic (exact) mass is 523 g/mol. The van der Waals surface area contributed by atoms with Gasteiger partial charge in [0.15, 0.2) is 11.5 Å². The first-order chi connectivity index (χ1) is 18.1. The van der Waals surface area contributed by atoms with Crippen molar-refractivity contribution in [3.05, 3.63) is 56.8 Å². The summed E-state index contributed by atoms with van der Waals surface area (Å²) in [6, 6.07) is 2.76. The quantitative estimate of drug-likeness (QED) is 0.334. The van der Waals surface area contributed by atoms with E-state index in [2.05, 4.69) is 0 Å². The Kier molecular flexibility index (Phi) is 7.97. The van der Waals surface area contributed by atoms with Gasteiger partial charge < -0.3 is 33.7 Å². The lowest BCUT2D eigenvalue weighted by Crippen LogP contribution is -2.42. The first-order valence-corrected chi connectivity index (χ1v) is 12.5. The van der Waals surface area contributed by atoms with Crippen molar-refractivity contribution in [1.29, 1.82) is 0 Å². The summed E-state index contributed by atoms with van der Waals surface area (Å²) in [6.45, 7) is 9.29. The number of nitrogens with zero attached hydrogens (tertiary/aromatic N) is 1. The van der Waals surface area contributed by atoms with Gasteiger partial charge in [0.1, 0.15) is 28.1 Å². The van der Waals surface area contributed by atoms with Gasteiger partial charge in [-0.25, -0.2) is 4.79 Å². The lowest BCUT2D eigenvalue weighted by molar-refractivity contribution is 0.0413. The molecule has 2 aromatic carbocycles. The van der Waals surface area contributed by atoms with E-state index in [4.69, 9.17) is 18.6 Å². The van der Waals surface area contributed by atoms with Crippen molar-refractivity contribution in [3.63, 3.8) is 0 Å². The molecule has 0 aliphatic carbocycles. The third-order valence-electron chi connectivity index (χ3n) is 6.43. The fourth-order valence-electron chi connectivity index (χ4n) is 4.43. The molecule has 202 valence electrons. The number of phenolic OH excluding ortho intramolecular Hbond substituents is 2. The largest absolute Gasteiger partial charge is 0.507 e. The Morgan fingerprint density at radius 3 is 2.18 bits per heavy atom. The van der Waals surface area contributed by atoms with Crippen molar-refractivity contribution in [2.75, 3.05) is 33.4 Å². The van der Waals surface area contributed by atoms with Gasteiger partial charge in [0, 0.05) is 36.3 Å². The number of rotatable bonds is 6. The molecule has 1 aliphatic heterocycles. The maximum absolute atomic E-state index is 13.9. The van der Waals surface area contributed by atoms with E-state index in [1.165, 1.54) is 24.1 Å². The summed E-state index contributed by atoms with van der Waals surface area (Å²) in [5.74, 6) is -0.189. The number of amides is 1. The van der Waals surface area contributed by atoms with E-state index in [9.17, 15) is 19.8 Å². The molecule has 0 bridgehead atoms. The van der Waals surface area contributed by atoms with Gasteiger partial charge in [-0.15, -0.1) is 0 Å². The molecule has 1 amide bonds. The number of methoxy groups -OCH3 is 1. The number of morpholine rings is 1. The fourth-order valence-corrected chi connectivity index (χ4v) is 4.43. The van der Waals surface area contributed by atoms with E-state index in [1.54, 1.807) is 0 Å². The van der Waals surface area contributed by atoms with Gasteiger partial charge in [0.25, 0.3) is 0 Å². The molecule has 2 N–H and O–H groups in total. The molecule has 0 spiro atoms. The number of ether oxygens (including phenoxy) is 3. The minimum atomic E-state index is -0.568. The summed E-state index contributed by atoms with van der Waals surface area (Å²) < 4.78 is 22.8. The van der Waals surface area contributed by atoms with Crippen LogP contribution < -0.4 is 14.9 Å². The Labute approximate surface area is 220 Å². The van der Waals surface area contributed by atoms with Crippen LogP contribution in [0.4, 0.5) is 4.79 Å². The van der Waals surface area contributed by atoms with Gasteiger partial charge in [0.2, 0.25) is 5.43 Å². The minimum absolute atomic E-state index is 0.0160. The van der Waals surface area contributed by atoms with Gasteiger partial charge in [-0.05, 0) is 40.5 Å². The third kappa shape index (κ3) is 5.33. The van der Waals surface area contributed by atoms with Crippen LogP contribution in [0.5, 0.6) is 23.0 Å². The minimum Gasteiger partial charge on any atom is -0.507 e. The maximum atomic E-state index is 13.9. The van der Waals surface area contributed by atoms with Crippen molar-refractivity contribution >= 4 is 28.0 Å². The average molecular weight is 524 g/mol. The van der Waals surface area contributed by atoms with Crippen molar-refractivity contribution in [3.8, 4) is 23.0 Å². The summed E-state index contributed by atoms with van der Waals surface area (Å²) in [5.41, 5.74) is 2.39.